The number of hydrogen-bond donors (Lipinski definition) is 1. The number of rotatable bonds is 5. The van der Waals surface area contributed by atoms with Crippen molar-refractivity contribution in [1.82, 2.24) is 15.1 Å². The molecule has 0 radical (unpaired) electrons. The first kappa shape index (κ1) is 14.2. The molecule has 0 atom stereocenters. The molecule has 0 fully saturated rings. The van der Waals surface area contributed by atoms with Gasteiger partial charge < -0.3 is 14.6 Å². The third kappa shape index (κ3) is 3.29. The quantitative estimate of drug-likeness (QED) is 0.777. The van der Waals surface area contributed by atoms with Gasteiger partial charge in [0.25, 0.3) is 0 Å². The van der Waals surface area contributed by atoms with Crippen molar-refractivity contribution < 1.29 is 14.1 Å². The normalized spacial score (nSPS) is 10.4. The number of methoxy groups -OCH3 is 1. The molecule has 3 aromatic rings. The van der Waals surface area contributed by atoms with Crippen LogP contribution in [0.1, 0.15) is 5.89 Å². The van der Waals surface area contributed by atoms with Crippen LogP contribution >= 0.6 is 11.3 Å². The zero-order chi connectivity index (χ0) is 15.4. The molecule has 0 bridgehead atoms. The molecule has 2 aromatic heterocycles. The fraction of sp³-hybridized carbons (Fsp3) is 0.143. The Balaban J connectivity index is 1.66. The van der Waals surface area contributed by atoms with E-state index in [9.17, 15) is 4.79 Å². The second-order valence-corrected chi connectivity index (χ2v) is 5.20. The van der Waals surface area contributed by atoms with E-state index in [1.54, 1.807) is 30.8 Å². The fourth-order valence-corrected chi connectivity index (χ4v) is 2.32. The van der Waals surface area contributed by atoms with Crippen LogP contribution in [0, 0.1) is 0 Å². The van der Waals surface area contributed by atoms with Gasteiger partial charge in [-0.1, -0.05) is 5.16 Å². The predicted octanol–water partition coefficient (Wildman–Crippen LogP) is 2.38. The number of aromatic nitrogens is 3. The van der Waals surface area contributed by atoms with Crippen molar-refractivity contribution >= 4 is 22.4 Å². The van der Waals surface area contributed by atoms with Gasteiger partial charge in [0.05, 0.1) is 7.11 Å². The summed E-state index contributed by atoms with van der Waals surface area (Å²) in [6.45, 7) is 0. The topological polar surface area (TPSA) is 90.1 Å². The molecule has 1 aromatic carbocycles. The Morgan fingerprint density at radius 1 is 1.36 bits per heavy atom. The molecule has 0 spiro atoms. The van der Waals surface area contributed by atoms with Gasteiger partial charge in [-0.15, -0.1) is 11.3 Å². The number of benzene rings is 1. The number of carbonyl (C=O) groups excluding carboxylic acids is 1. The van der Waals surface area contributed by atoms with Gasteiger partial charge in [-0.05, 0) is 24.3 Å². The van der Waals surface area contributed by atoms with Crippen molar-refractivity contribution in [1.29, 1.82) is 0 Å². The van der Waals surface area contributed by atoms with Crippen LogP contribution in [0.3, 0.4) is 0 Å². The summed E-state index contributed by atoms with van der Waals surface area (Å²) in [6, 6.07) is 7.26. The molecule has 2 heterocycles. The van der Waals surface area contributed by atoms with Gasteiger partial charge in [-0.25, -0.2) is 4.98 Å². The maximum Gasteiger partial charge on any atom is 0.236 e. The summed E-state index contributed by atoms with van der Waals surface area (Å²) < 4.78 is 10.2. The van der Waals surface area contributed by atoms with Crippen molar-refractivity contribution in [3.05, 3.63) is 41.7 Å². The minimum atomic E-state index is -0.250. The largest absolute Gasteiger partial charge is 0.497 e. The summed E-state index contributed by atoms with van der Waals surface area (Å²) >= 11 is 1.35. The van der Waals surface area contributed by atoms with E-state index < -0.39 is 0 Å². The van der Waals surface area contributed by atoms with E-state index in [1.807, 2.05) is 12.1 Å². The lowest BCUT2D eigenvalue weighted by atomic mass is 10.2. The number of hydrogen-bond acceptors (Lipinski definition) is 7. The molecule has 0 unspecified atom stereocenters. The maximum absolute atomic E-state index is 11.8. The zero-order valence-electron chi connectivity index (χ0n) is 11.6. The molecule has 0 saturated heterocycles. The molecule has 8 heteroatoms. The first-order valence-corrected chi connectivity index (χ1v) is 7.29. The lowest BCUT2D eigenvalue weighted by molar-refractivity contribution is -0.115. The van der Waals surface area contributed by atoms with Crippen molar-refractivity contribution in [2.24, 2.45) is 0 Å². The van der Waals surface area contributed by atoms with Gasteiger partial charge in [0, 0.05) is 17.1 Å². The van der Waals surface area contributed by atoms with E-state index in [0.717, 1.165) is 11.3 Å². The van der Waals surface area contributed by atoms with E-state index in [2.05, 4.69) is 20.4 Å². The Morgan fingerprint density at radius 2 is 2.18 bits per heavy atom. The Hall–Kier alpha value is -2.74. The van der Waals surface area contributed by atoms with Gasteiger partial charge in [-0.2, -0.15) is 4.98 Å². The van der Waals surface area contributed by atoms with E-state index in [1.165, 1.54) is 11.3 Å². The predicted molar refractivity (Wildman–Crippen MR) is 80.7 cm³/mol. The van der Waals surface area contributed by atoms with E-state index >= 15 is 0 Å². The molecule has 7 nitrogen and oxygen atoms in total. The van der Waals surface area contributed by atoms with Crippen LogP contribution in [0.5, 0.6) is 5.75 Å². The molecule has 0 saturated carbocycles. The number of ether oxygens (including phenoxy) is 1. The molecule has 0 aliphatic rings. The summed E-state index contributed by atoms with van der Waals surface area (Å²) in [5, 5.41) is 8.85. The lowest BCUT2D eigenvalue weighted by Gasteiger charge is -1.99. The Bertz CT molecular complexity index is 753. The van der Waals surface area contributed by atoms with Crippen LogP contribution in [0.15, 0.2) is 40.4 Å². The monoisotopic (exact) mass is 316 g/mol. The minimum Gasteiger partial charge on any atom is -0.497 e. The third-order valence-corrected chi connectivity index (χ3v) is 3.50. The van der Waals surface area contributed by atoms with Crippen molar-refractivity contribution in [2.75, 3.05) is 12.4 Å². The standard InChI is InChI=1S/C14H12N4O3S/c1-20-10-4-2-9(3-5-10)13-17-12(21-18-13)8-11(19)16-14-15-6-7-22-14/h2-7H,8H2,1H3,(H,15,16,19). The molecule has 0 aliphatic carbocycles. The molecule has 1 N–H and O–H groups in total. The number of anilines is 1. The summed E-state index contributed by atoms with van der Waals surface area (Å²) in [5.41, 5.74) is 0.788. The summed E-state index contributed by atoms with van der Waals surface area (Å²) in [4.78, 5) is 20.0. The molecule has 3 rings (SSSR count). The average molecular weight is 316 g/mol. The SMILES string of the molecule is COc1ccc(-c2noc(CC(=O)Nc3nccs3)n2)cc1. The molecule has 0 aliphatic heterocycles. The Morgan fingerprint density at radius 3 is 2.86 bits per heavy atom. The van der Waals surface area contributed by atoms with Crippen LogP contribution in [-0.2, 0) is 11.2 Å². The number of carbonyl (C=O) groups is 1. The molecule has 1 amide bonds. The van der Waals surface area contributed by atoms with Crippen LogP contribution in [0.2, 0.25) is 0 Å². The van der Waals surface area contributed by atoms with Crippen molar-refractivity contribution in [3.63, 3.8) is 0 Å². The lowest BCUT2D eigenvalue weighted by Crippen LogP contribution is -2.14. The first-order chi connectivity index (χ1) is 10.7. The molecule has 22 heavy (non-hydrogen) atoms. The van der Waals surface area contributed by atoms with Gasteiger partial charge in [-0.3, -0.25) is 4.79 Å². The molecule has 112 valence electrons. The highest BCUT2D eigenvalue weighted by Gasteiger charge is 2.13. The minimum absolute atomic E-state index is 0.00271. The average Bonchev–Trinajstić information content (AvgIpc) is 3.19. The summed E-state index contributed by atoms with van der Waals surface area (Å²) in [5.74, 6) is 1.18. The van der Waals surface area contributed by atoms with E-state index in [4.69, 9.17) is 9.26 Å². The van der Waals surface area contributed by atoms with Gasteiger partial charge >= 0.3 is 0 Å². The molecular formula is C14H12N4O3S. The van der Waals surface area contributed by atoms with Crippen LogP contribution < -0.4 is 10.1 Å². The van der Waals surface area contributed by atoms with Gasteiger partial charge in [0.2, 0.25) is 17.6 Å². The number of nitrogens with one attached hydrogen (secondary N) is 1. The number of thiazole rings is 1. The van der Waals surface area contributed by atoms with Gasteiger partial charge in [0.15, 0.2) is 5.13 Å². The highest BCUT2D eigenvalue weighted by atomic mass is 32.1. The zero-order valence-corrected chi connectivity index (χ0v) is 12.5. The Labute approximate surface area is 130 Å². The van der Waals surface area contributed by atoms with E-state index in [0.29, 0.717) is 11.0 Å². The van der Waals surface area contributed by atoms with Crippen molar-refractivity contribution in [3.8, 4) is 17.1 Å². The van der Waals surface area contributed by atoms with Crippen LogP contribution in [0.25, 0.3) is 11.4 Å². The first-order valence-electron chi connectivity index (χ1n) is 6.41. The van der Waals surface area contributed by atoms with E-state index in [-0.39, 0.29) is 18.2 Å². The smallest absolute Gasteiger partial charge is 0.236 e. The number of nitrogens with zero attached hydrogens (tertiary/aromatic N) is 3. The third-order valence-electron chi connectivity index (χ3n) is 2.81. The summed E-state index contributed by atoms with van der Waals surface area (Å²) in [7, 11) is 1.60. The Kier molecular flexibility index (Phi) is 4.10. The van der Waals surface area contributed by atoms with Crippen molar-refractivity contribution in [2.45, 2.75) is 6.42 Å². The second kappa shape index (κ2) is 6.35. The fourth-order valence-electron chi connectivity index (χ4n) is 1.77. The second-order valence-electron chi connectivity index (χ2n) is 4.30. The number of amides is 1. The molecular weight excluding hydrogens is 304 g/mol. The highest BCUT2D eigenvalue weighted by Crippen LogP contribution is 2.20. The maximum atomic E-state index is 11.8. The summed E-state index contributed by atoms with van der Waals surface area (Å²) in [6.07, 6.45) is 1.62. The van der Waals surface area contributed by atoms with Crippen LogP contribution in [0.4, 0.5) is 5.13 Å². The van der Waals surface area contributed by atoms with Gasteiger partial charge in [0.1, 0.15) is 12.2 Å². The van der Waals surface area contributed by atoms with Crippen LogP contribution in [-0.4, -0.2) is 28.1 Å². The highest BCUT2D eigenvalue weighted by molar-refractivity contribution is 7.13.